The normalized spacial score (nSPS) is 20.5. The summed E-state index contributed by atoms with van der Waals surface area (Å²) in [6.07, 6.45) is 7.74. The van der Waals surface area contributed by atoms with E-state index in [0.717, 1.165) is 18.4 Å². The number of benzene rings is 1. The highest BCUT2D eigenvalue weighted by Gasteiger charge is 2.28. The molecular formula is C23H30ClNO4. The number of aliphatic hydroxyl groups excluding tert-OH is 1. The number of carbonyl (C=O) groups excluding carboxylic acids is 2. The zero-order chi connectivity index (χ0) is 21.4. The molecule has 2 N–H and O–H groups in total. The summed E-state index contributed by atoms with van der Waals surface area (Å²) in [6.45, 7) is 4.12. The first-order valence-corrected chi connectivity index (χ1v) is 10.4. The van der Waals surface area contributed by atoms with Crippen molar-refractivity contribution < 1.29 is 19.4 Å². The number of aliphatic hydroxyl groups is 1. The maximum absolute atomic E-state index is 12.3. The van der Waals surface area contributed by atoms with E-state index in [1.807, 2.05) is 49.4 Å². The van der Waals surface area contributed by atoms with Gasteiger partial charge in [0.15, 0.2) is 0 Å². The van der Waals surface area contributed by atoms with Gasteiger partial charge in [0, 0.05) is 10.4 Å². The lowest BCUT2D eigenvalue weighted by Crippen LogP contribution is -2.42. The lowest BCUT2D eigenvalue weighted by molar-refractivity contribution is -0.145. The van der Waals surface area contributed by atoms with Gasteiger partial charge < -0.3 is 15.2 Å². The number of hydrogen-bond acceptors (Lipinski definition) is 4. The van der Waals surface area contributed by atoms with E-state index in [0.29, 0.717) is 23.4 Å². The van der Waals surface area contributed by atoms with E-state index in [4.69, 9.17) is 16.3 Å². The SMILES string of the molecule is CCCC[C@H](NC(=O)CC(O)C1=CCC(C)(c2cccc(Cl)c2)C=C1)C(=O)OC. The second-order valence-electron chi connectivity index (χ2n) is 7.67. The predicted octanol–water partition coefficient (Wildman–Crippen LogP) is 4.08. The monoisotopic (exact) mass is 419 g/mol. The zero-order valence-corrected chi connectivity index (χ0v) is 18.0. The molecule has 2 unspecified atom stereocenters. The topological polar surface area (TPSA) is 75.6 Å². The van der Waals surface area contributed by atoms with E-state index in [9.17, 15) is 14.7 Å². The average molecular weight is 420 g/mol. The highest BCUT2D eigenvalue weighted by molar-refractivity contribution is 6.30. The molecule has 5 nitrogen and oxygen atoms in total. The van der Waals surface area contributed by atoms with E-state index in [2.05, 4.69) is 12.2 Å². The Labute approximate surface area is 177 Å². The molecule has 3 atom stereocenters. The number of nitrogens with one attached hydrogen (secondary N) is 1. The van der Waals surface area contributed by atoms with Gasteiger partial charge >= 0.3 is 5.97 Å². The van der Waals surface area contributed by atoms with Gasteiger partial charge in [-0.3, -0.25) is 4.79 Å². The summed E-state index contributed by atoms with van der Waals surface area (Å²) in [5.74, 6) is -0.836. The molecule has 0 aliphatic heterocycles. The molecule has 0 fully saturated rings. The molecule has 158 valence electrons. The van der Waals surface area contributed by atoms with Crippen molar-refractivity contribution in [3.05, 3.63) is 58.7 Å². The number of rotatable bonds is 9. The fourth-order valence-electron chi connectivity index (χ4n) is 3.40. The van der Waals surface area contributed by atoms with Crippen LogP contribution in [0.25, 0.3) is 0 Å². The van der Waals surface area contributed by atoms with Crippen LogP contribution in [0, 0.1) is 0 Å². The highest BCUT2D eigenvalue weighted by Crippen LogP contribution is 2.35. The van der Waals surface area contributed by atoms with Crippen LogP contribution in [0.15, 0.2) is 48.1 Å². The third-order valence-corrected chi connectivity index (χ3v) is 5.56. The van der Waals surface area contributed by atoms with E-state index >= 15 is 0 Å². The fraction of sp³-hybridized carbons (Fsp3) is 0.478. The molecule has 1 aromatic rings. The average Bonchev–Trinajstić information content (AvgIpc) is 2.70. The summed E-state index contributed by atoms with van der Waals surface area (Å²) in [7, 11) is 1.30. The fourth-order valence-corrected chi connectivity index (χ4v) is 3.59. The van der Waals surface area contributed by atoms with Crippen molar-refractivity contribution in [2.45, 2.75) is 63.5 Å². The minimum absolute atomic E-state index is 0.107. The molecule has 0 aromatic heterocycles. The van der Waals surface area contributed by atoms with Crippen LogP contribution in [0.2, 0.25) is 5.02 Å². The maximum atomic E-state index is 12.3. The van der Waals surface area contributed by atoms with Crippen molar-refractivity contribution in [2.24, 2.45) is 0 Å². The van der Waals surface area contributed by atoms with Crippen molar-refractivity contribution >= 4 is 23.5 Å². The lowest BCUT2D eigenvalue weighted by atomic mass is 9.75. The molecule has 0 saturated carbocycles. The van der Waals surface area contributed by atoms with Gasteiger partial charge in [0.05, 0.1) is 19.6 Å². The first-order chi connectivity index (χ1) is 13.8. The Bertz CT molecular complexity index is 789. The molecule has 0 spiro atoms. The van der Waals surface area contributed by atoms with Crippen LogP contribution in [0.5, 0.6) is 0 Å². The summed E-state index contributed by atoms with van der Waals surface area (Å²) < 4.78 is 4.76. The summed E-state index contributed by atoms with van der Waals surface area (Å²) in [5.41, 5.74) is 1.58. The highest BCUT2D eigenvalue weighted by atomic mass is 35.5. The van der Waals surface area contributed by atoms with E-state index in [1.165, 1.54) is 7.11 Å². The van der Waals surface area contributed by atoms with Crippen molar-refractivity contribution in [1.29, 1.82) is 0 Å². The number of hydrogen-bond donors (Lipinski definition) is 2. The van der Waals surface area contributed by atoms with Crippen LogP contribution >= 0.6 is 11.6 Å². The molecule has 0 saturated heterocycles. The summed E-state index contributed by atoms with van der Waals surface area (Å²) in [6, 6.07) is 7.06. The van der Waals surface area contributed by atoms with Gasteiger partial charge in [0.2, 0.25) is 5.91 Å². The van der Waals surface area contributed by atoms with Crippen LogP contribution in [0.3, 0.4) is 0 Å². The lowest BCUT2D eigenvalue weighted by Gasteiger charge is -2.30. The molecule has 1 amide bonds. The molecule has 1 aliphatic carbocycles. The first-order valence-electron chi connectivity index (χ1n) is 9.99. The molecule has 6 heteroatoms. The molecule has 0 heterocycles. The predicted molar refractivity (Wildman–Crippen MR) is 115 cm³/mol. The van der Waals surface area contributed by atoms with Gasteiger partial charge in [0.1, 0.15) is 6.04 Å². The van der Waals surface area contributed by atoms with Gasteiger partial charge in [-0.05, 0) is 36.1 Å². The number of halogens is 1. The van der Waals surface area contributed by atoms with Gasteiger partial charge in [-0.2, -0.15) is 0 Å². The smallest absolute Gasteiger partial charge is 0.328 e. The summed E-state index contributed by atoms with van der Waals surface area (Å²) in [4.78, 5) is 24.2. The zero-order valence-electron chi connectivity index (χ0n) is 17.3. The number of carbonyl (C=O) groups is 2. The van der Waals surface area contributed by atoms with Gasteiger partial charge in [0.25, 0.3) is 0 Å². The Morgan fingerprint density at radius 3 is 2.72 bits per heavy atom. The number of methoxy groups -OCH3 is 1. The van der Waals surface area contributed by atoms with Crippen molar-refractivity contribution in [3.63, 3.8) is 0 Å². The molecular weight excluding hydrogens is 390 g/mol. The van der Waals surface area contributed by atoms with Gasteiger partial charge in [-0.1, -0.05) is 68.7 Å². The Morgan fingerprint density at radius 1 is 1.38 bits per heavy atom. The Kier molecular flexibility index (Phi) is 8.47. The van der Waals surface area contributed by atoms with Crippen LogP contribution < -0.4 is 5.32 Å². The Morgan fingerprint density at radius 2 is 2.14 bits per heavy atom. The third kappa shape index (κ3) is 6.44. The van der Waals surface area contributed by atoms with Crippen LogP contribution in [-0.4, -0.2) is 36.2 Å². The second kappa shape index (κ2) is 10.6. The van der Waals surface area contributed by atoms with Crippen LogP contribution in [-0.2, 0) is 19.7 Å². The van der Waals surface area contributed by atoms with E-state index < -0.39 is 18.1 Å². The van der Waals surface area contributed by atoms with Crippen LogP contribution in [0.4, 0.5) is 0 Å². The van der Waals surface area contributed by atoms with E-state index in [1.54, 1.807) is 0 Å². The number of unbranched alkanes of at least 4 members (excludes halogenated alkanes) is 1. The Balaban J connectivity index is 1.96. The number of ether oxygens (including phenoxy) is 1. The number of amides is 1. The summed E-state index contributed by atoms with van der Waals surface area (Å²) >= 11 is 6.11. The minimum Gasteiger partial charge on any atom is -0.467 e. The standard InChI is InChI=1S/C23H30ClNO4/c1-4-5-9-19(22(28)29-3)25-21(27)15-20(26)16-10-12-23(2,13-11-16)17-7-6-8-18(24)14-17/h6-8,10-12,14,19-20,26H,4-5,9,13,15H2,1-3H3,(H,25,27)/t19-,20?,23?/m0/s1. The number of esters is 1. The van der Waals surface area contributed by atoms with Gasteiger partial charge in [-0.15, -0.1) is 0 Å². The quantitative estimate of drug-likeness (QED) is 0.591. The summed E-state index contributed by atoms with van der Waals surface area (Å²) in [5, 5.41) is 13.9. The first kappa shape index (κ1) is 23.2. The molecule has 0 radical (unpaired) electrons. The van der Waals surface area contributed by atoms with Crippen LogP contribution in [0.1, 0.15) is 51.5 Å². The minimum atomic E-state index is -0.931. The second-order valence-corrected chi connectivity index (χ2v) is 8.11. The molecule has 0 bridgehead atoms. The Hall–Kier alpha value is -2.11. The van der Waals surface area contributed by atoms with Crippen molar-refractivity contribution in [2.75, 3.05) is 7.11 Å². The molecule has 2 rings (SSSR count). The van der Waals surface area contributed by atoms with Gasteiger partial charge in [-0.25, -0.2) is 4.79 Å². The molecule has 29 heavy (non-hydrogen) atoms. The molecule has 1 aliphatic rings. The van der Waals surface area contributed by atoms with Crippen molar-refractivity contribution in [3.8, 4) is 0 Å². The maximum Gasteiger partial charge on any atom is 0.328 e. The largest absolute Gasteiger partial charge is 0.467 e. The molecule has 1 aromatic carbocycles. The van der Waals surface area contributed by atoms with Crippen molar-refractivity contribution in [1.82, 2.24) is 5.32 Å². The number of allylic oxidation sites excluding steroid dienone is 2. The van der Waals surface area contributed by atoms with E-state index in [-0.39, 0.29) is 17.7 Å². The third-order valence-electron chi connectivity index (χ3n) is 5.32.